The second-order valence-electron chi connectivity index (χ2n) is 7.18. The van der Waals surface area contributed by atoms with E-state index >= 15 is 0 Å². The first kappa shape index (κ1) is 18.4. The van der Waals surface area contributed by atoms with E-state index in [1.807, 2.05) is 34.6 Å². The van der Waals surface area contributed by atoms with E-state index in [1.165, 1.54) is 18.2 Å². The normalized spacial score (nSPS) is 13.5. The van der Waals surface area contributed by atoms with E-state index in [0.717, 1.165) is 0 Å². The first-order valence-corrected chi connectivity index (χ1v) is 8.79. The lowest BCUT2D eigenvalue weighted by Crippen LogP contribution is -2.46. The van der Waals surface area contributed by atoms with Crippen molar-refractivity contribution in [2.45, 2.75) is 52.3 Å². The maximum Gasteiger partial charge on any atom is 0.216 e. The molecule has 0 heterocycles. The van der Waals surface area contributed by atoms with Crippen LogP contribution < -0.4 is 4.72 Å². The molecule has 0 unspecified atom stereocenters. The fourth-order valence-corrected chi connectivity index (χ4v) is 4.65. The highest BCUT2D eigenvalue weighted by atomic mass is 35.5. The van der Waals surface area contributed by atoms with Gasteiger partial charge in [0.15, 0.2) is 0 Å². The molecular weight excluding hydrogens is 313 g/mol. The zero-order valence-corrected chi connectivity index (χ0v) is 14.7. The van der Waals surface area contributed by atoms with Crippen molar-refractivity contribution in [2.75, 3.05) is 0 Å². The Balaban J connectivity index is 2.93. The van der Waals surface area contributed by atoms with Crippen LogP contribution >= 0.6 is 11.6 Å². The molecule has 0 aliphatic carbocycles. The van der Waals surface area contributed by atoms with Crippen molar-refractivity contribution >= 4 is 21.6 Å². The van der Waals surface area contributed by atoms with Gasteiger partial charge in [0.05, 0.1) is 5.75 Å². The van der Waals surface area contributed by atoms with Gasteiger partial charge in [-0.25, -0.2) is 17.5 Å². The lowest BCUT2D eigenvalue weighted by molar-refractivity contribution is 0.269. The smallest absolute Gasteiger partial charge is 0.212 e. The van der Waals surface area contributed by atoms with Crippen LogP contribution in [0.4, 0.5) is 4.39 Å². The van der Waals surface area contributed by atoms with Crippen LogP contribution in [0.25, 0.3) is 0 Å². The second-order valence-corrected chi connectivity index (χ2v) is 9.31. The van der Waals surface area contributed by atoms with Gasteiger partial charge in [0.25, 0.3) is 0 Å². The van der Waals surface area contributed by atoms with Crippen molar-refractivity contribution in [1.82, 2.24) is 4.72 Å². The Hall–Kier alpha value is -0.650. The van der Waals surface area contributed by atoms with Crippen molar-refractivity contribution in [3.8, 4) is 0 Å². The van der Waals surface area contributed by atoms with Gasteiger partial charge in [-0.2, -0.15) is 0 Å². The average Bonchev–Trinajstić information content (AvgIpc) is 2.18. The molecule has 0 aliphatic rings. The number of nitrogens with one attached hydrogen (secondary N) is 1. The highest BCUT2D eigenvalue weighted by Gasteiger charge is 2.30. The summed E-state index contributed by atoms with van der Waals surface area (Å²) in [6.07, 6.45) is 0.657. The van der Waals surface area contributed by atoms with Gasteiger partial charge in [0.2, 0.25) is 10.0 Å². The van der Waals surface area contributed by atoms with Gasteiger partial charge in [-0.15, -0.1) is 0 Å². The molecule has 0 bridgehead atoms. The van der Waals surface area contributed by atoms with E-state index < -0.39 is 27.1 Å². The van der Waals surface area contributed by atoms with Crippen LogP contribution in [0.15, 0.2) is 18.2 Å². The maximum atomic E-state index is 13.7. The highest BCUT2D eigenvalue weighted by Crippen LogP contribution is 2.28. The average molecular weight is 336 g/mol. The van der Waals surface area contributed by atoms with Crippen LogP contribution in [0, 0.1) is 11.2 Å². The molecule has 6 heteroatoms. The van der Waals surface area contributed by atoms with Crippen molar-refractivity contribution in [2.24, 2.45) is 5.41 Å². The topological polar surface area (TPSA) is 46.2 Å². The number of hydrogen-bond acceptors (Lipinski definition) is 2. The molecule has 0 spiro atoms. The standard InChI is InChI=1S/C15H23ClFNO2S/c1-14(2,3)10-15(4,5)18-21(19,20)9-11-12(16)7-6-8-13(11)17/h6-8,18H,9-10H2,1-5H3. The summed E-state index contributed by atoms with van der Waals surface area (Å²) >= 11 is 5.88. The molecule has 0 aromatic heterocycles. The van der Waals surface area contributed by atoms with Crippen LogP contribution in [-0.2, 0) is 15.8 Å². The largest absolute Gasteiger partial charge is 0.216 e. The molecule has 1 rings (SSSR count). The molecule has 0 fully saturated rings. The third kappa shape index (κ3) is 6.32. The molecule has 0 radical (unpaired) electrons. The third-order valence-electron chi connectivity index (χ3n) is 2.80. The highest BCUT2D eigenvalue weighted by molar-refractivity contribution is 7.88. The summed E-state index contributed by atoms with van der Waals surface area (Å²) in [5.74, 6) is -1.08. The van der Waals surface area contributed by atoms with Gasteiger partial charge in [-0.05, 0) is 37.8 Å². The molecule has 1 aromatic rings. The summed E-state index contributed by atoms with van der Waals surface area (Å²) in [5.41, 5.74) is -0.644. The lowest BCUT2D eigenvalue weighted by Gasteiger charge is -2.33. The Labute approximate surface area is 131 Å². The molecule has 0 aliphatic heterocycles. The molecule has 0 saturated heterocycles. The van der Waals surface area contributed by atoms with Crippen LogP contribution in [-0.4, -0.2) is 14.0 Å². The Morgan fingerprint density at radius 2 is 1.76 bits per heavy atom. The SMILES string of the molecule is CC(C)(C)CC(C)(C)NS(=O)(=O)Cc1c(F)cccc1Cl. The van der Waals surface area contributed by atoms with Gasteiger partial charge in [0, 0.05) is 16.1 Å². The fraction of sp³-hybridized carbons (Fsp3) is 0.600. The molecule has 0 amide bonds. The van der Waals surface area contributed by atoms with E-state index in [0.29, 0.717) is 6.42 Å². The third-order valence-corrected chi connectivity index (χ3v) is 4.69. The first-order valence-electron chi connectivity index (χ1n) is 6.76. The summed E-state index contributed by atoms with van der Waals surface area (Å²) in [5, 5.41) is 0.119. The predicted molar refractivity (Wildman–Crippen MR) is 85.3 cm³/mol. The minimum atomic E-state index is -3.68. The minimum absolute atomic E-state index is 0.00164. The summed E-state index contributed by atoms with van der Waals surface area (Å²) in [7, 11) is -3.68. The van der Waals surface area contributed by atoms with E-state index in [9.17, 15) is 12.8 Å². The molecule has 21 heavy (non-hydrogen) atoms. The summed E-state index contributed by atoms with van der Waals surface area (Å²) in [6.45, 7) is 9.75. The number of benzene rings is 1. The Morgan fingerprint density at radius 1 is 1.19 bits per heavy atom. The van der Waals surface area contributed by atoms with E-state index in [1.54, 1.807) is 0 Å². The van der Waals surface area contributed by atoms with Crippen LogP contribution in [0.5, 0.6) is 0 Å². The zero-order chi connectivity index (χ0) is 16.5. The molecule has 1 N–H and O–H groups in total. The Morgan fingerprint density at radius 3 is 2.24 bits per heavy atom. The van der Waals surface area contributed by atoms with Crippen LogP contribution in [0.3, 0.4) is 0 Å². The van der Waals surface area contributed by atoms with E-state index in [4.69, 9.17) is 11.6 Å². The first-order chi connectivity index (χ1) is 9.31. The van der Waals surface area contributed by atoms with Crippen molar-refractivity contribution in [1.29, 1.82) is 0 Å². The minimum Gasteiger partial charge on any atom is -0.212 e. The predicted octanol–water partition coefficient (Wildman–Crippen LogP) is 4.11. The van der Waals surface area contributed by atoms with Gasteiger partial charge in [-0.1, -0.05) is 38.4 Å². The van der Waals surface area contributed by atoms with E-state index in [2.05, 4.69) is 4.72 Å². The number of halogens is 2. The summed E-state index contributed by atoms with van der Waals surface area (Å²) in [6, 6.07) is 4.14. The van der Waals surface area contributed by atoms with E-state index in [-0.39, 0.29) is 16.0 Å². The molecule has 120 valence electrons. The maximum absolute atomic E-state index is 13.7. The van der Waals surface area contributed by atoms with Crippen molar-refractivity contribution in [3.63, 3.8) is 0 Å². The second kappa shape index (κ2) is 6.23. The molecule has 1 aromatic carbocycles. The van der Waals surface area contributed by atoms with Gasteiger partial charge >= 0.3 is 0 Å². The molecular formula is C15H23ClFNO2S. The van der Waals surface area contributed by atoms with Crippen LogP contribution in [0.2, 0.25) is 5.02 Å². The van der Waals surface area contributed by atoms with Gasteiger partial charge in [0.1, 0.15) is 5.82 Å². The molecule has 3 nitrogen and oxygen atoms in total. The number of rotatable bonds is 5. The van der Waals surface area contributed by atoms with Crippen molar-refractivity contribution < 1.29 is 12.8 Å². The summed E-state index contributed by atoms with van der Waals surface area (Å²) in [4.78, 5) is 0. The molecule has 0 atom stereocenters. The zero-order valence-electron chi connectivity index (χ0n) is 13.1. The van der Waals surface area contributed by atoms with Crippen molar-refractivity contribution in [3.05, 3.63) is 34.6 Å². The van der Waals surface area contributed by atoms with Gasteiger partial charge in [-0.3, -0.25) is 0 Å². The Kier molecular flexibility index (Phi) is 5.45. The fourth-order valence-electron chi connectivity index (χ4n) is 2.68. The van der Waals surface area contributed by atoms with Gasteiger partial charge < -0.3 is 0 Å². The Bertz CT molecular complexity index is 586. The summed E-state index contributed by atoms with van der Waals surface area (Å²) < 4.78 is 40.9. The monoisotopic (exact) mass is 335 g/mol. The quantitative estimate of drug-likeness (QED) is 0.880. The number of sulfonamides is 1. The lowest BCUT2D eigenvalue weighted by atomic mass is 9.82. The number of hydrogen-bond donors (Lipinski definition) is 1. The van der Waals surface area contributed by atoms with Crippen LogP contribution in [0.1, 0.15) is 46.6 Å². The molecule has 0 saturated carbocycles.